The summed E-state index contributed by atoms with van der Waals surface area (Å²) >= 11 is 7.10. The van der Waals surface area contributed by atoms with Gasteiger partial charge in [-0.1, -0.05) is 36.8 Å². The summed E-state index contributed by atoms with van der Waals surface area (Å²) in [6.07, 6.45) is 7.03. The number of nitrogens with zero attached hydrogens (tertiary/aromatic N) is 3. The number of carboxylic acid groups (broad SMARTS) is 1. The quantitative estimate of drug-likeness (QED) is 0.484. The first-order valence-corrected chi connectivity index (χ1v) is 11.5. The van der Waals surface area contributed by atoms with Crippen molar-refractivity contribution in [3.63, 3.8) is 0 Å². The SMILES string of the molecule is CC1C=CC=C(COC(=O)Nc2c(Cl)nsc2C#Cc2nc3nc(C4(C(=O)O)CC4)oc3o2)C1. The van der Waals surface area contributed by atoms with Crippen LogP contribution in [-0.4, -0.2) is 38.1 Å². The molecule has 3 aromatic rings. The van der Waals surface area contributed by atoms with Gasteiger partial charge in [-0.15, -0.1) is 0 Å². The molecule has 0 saturated heterocycles. The third kappa shape index (κ3) is 4.30. The molecule has 1 fully saturated rings. The van der Waals surface area contributed by atoms with Crippen molar-refractivity contribution in [3.8, 4) is 11.8 Å². The molecule has 34 heavy (non-hydrogen) atoms. The van der Waals surface area contributed by atoms with Crippen molar-refractivity contribution < 1.29 is 28.3 Å². The molecule has 3 heterocycles. The van der Waals surface area contributed by atoms with Crippen molar-refractivity contribution in [2.24, 2.45) is 5.92 Å². The molecule has 0 aliphatic heterocycles. The Bertz CT molecular complexity index is 1390. The molecule has 12 heteroatoms. The largest absolute Gasteiger partial charge is 0.480 e. The van der Waals surface area contributed by atoms with Crippen molar-refractivity contribution in [2.45, 2.75) is 31.6 Å². The molecule has 0 bridgehead atoms. The van der Waals surface area contributed by atoms with Gasteiger partial charge in [0.1, 0.15) is 22.6 Å². The van der Waals surface area contributed by atoms with E-state index in [1.165, 1.54) is 0 Å². The summed E-state index contributed by atoms with van der Waals surface area (Å²) in [5.41, 5.74) is 0.285. The molecule has 3 aromatic heterocycles. The van der Waals surface area contributed by atoms with Gasteiger partial charge in [0.2, 0.25) is 11.5 Å². The van der Waals surface area contributed by atoms with E-state index in [1.54, 1.807) is 0 Å². The number of carboxylic acids is 1. The fraction of sp³-hybridized carbons (Fsp3) is 0.318. The predicted octanol–water partition coefficient (Wildman–Crippen LogP) is 4.51. The van der Waals surface area contributed by atoms with Crippen LogP contribution in [0.4, 0.5) is 10.5 Å². The van der Waals surface area contributed by atoms with Gasteiger partial charge < -0.3 is 18.7 Å². The molecule has 0 aromatic carbocycles. The van der Waals surface area contributed by atoms with Crippen molar-refractivity contribution in [3.05, 3.63) is 45.6 Å². The number of hydrogen-bond acceptors (Lipinski definition) is 9. The van der Waals surface area contributed by atoms with E-state index >= 15 is 0 Å². The van der Waals surface area contributed by atoms with E-state index in [9.17, 15) is 14.7 Å². The normalized spacial score (nSPS) is 18.2. The van der Waals surface area contributed by atoms with E-state index in [0.29, 0.717) is 23.6 Å². The number of halogens is 1. The Kier molecular flexibility index (Phi) is 5.63. The number of rotatable bonds is 5. The number of aliphatic carboxylic acids is 1. The van der Waals surface area contributed by atoms with Gasteiger partial charge in [-0.25, -0.2) is 4.79 Å². The highest BCUT2D eigenvalue weighted by molar-refractivity contribution is 7.07. The molecule has 174 valence electrons. The van der Waals surface area contributed by atoms with Crippen LogP contribution in [0.15, 0.2) is 32.6 Å². The number of oxazole rings is 2. The van der Waals surface area contributed by atoms with Crippen molar-refractivity contribution in [2.75, 3.05) is 11.9 Å². The molecule has 2 aliphatic carbocycles. The van der Waals surface area contributed by atoms with E-state index in [0.717, 1.165) is 23.5 Å². The molecule has 0 radical (unpaired) electrons. The van der Waals surface area contributed by atoms with Gasteiger partial charge in [-0.3, -0.25) is 10.1 Å². The summed E-state index contributed by atoms with van der Waals surface area (Å²) in [6.45, 7) is 2.26. The number of anilines is 1. The summed E-state index contributed by atoms with van der Waals surface area (Å²) in [7, 11) is 0. The van der Waals surface area contributed by atoms with E-state index in [1.807, 2.05) is 12.2 Å². The molecule has 1 saturated carbocycles. The summed E-state index contributed by atoms with van der Waals surface area (Å²) in [4.78, 5) is 32.3. The first-order chi connectivity index (χ1) is 16.3. The molecule has 1 unspecified atom stereocenters. The Morgan fingerprint density at radius 1 is 1.35 bits per heavy atom. The predicted molar refractivity (Wildman–Crippen MR) is 122 cm³/mol. The Labute approximate surface area is 201 Å². The lowest BCUT2D eigenvalue weighted by Crippen LogP contribution is -2.19. The Morgan fingerprint density at radius 2 is 2.18 bits per heavy atom. The Balaban J connectivity index is 1.27. The zero-order valence-electron chi connectivity index (χ0n) is 17.8. The van der Waals surface area contributed by atoms with E-state index in [4.69, 9.17) is 25.2 Å². The maximum absolute atomic E-state index is 12.3. The highest BCUT2D eigenvalue weighted by atomic mass is 35.5. The zero-order chi connectivity index (χ0) is 23.9. The highest BCUT2D eigenvalue weighted by Crippen LogP contribution is 2.48. The van der Waals surface area contributed by atoms with Gasteiger partial charge in [0.05, 0.1) is 0 Å². The second kappa shape index (κ2) is 8.62. The number of nitrogens with one attached hydrogen (secondary N) is 1. The van der Waals surface area contributed by atoms with Gasteiger partial charge in [0.25, 0.3) is 5.89 Å². The van der Waals surface area contributed by atoms with Crippen LogP contribution in [0.25, 0.3) is 11.4 Å². The standard InChI is InChI=1S/C22H17ClN4O6S/c1-11-3-2-4-12(9-11)10-31-21(30)25-15-13(34-27-16(15)23)5-6-14-24-17-18(32-14)33-19(26-17)22(7-8-22)20(28)29/h2-4,11H,7-10H2,1H3,(H,25,30)(H,28,29). The molecule has 10 nitrogen and oxygen atoms in total. The average molecular weight is 501 g/mol. The third-order valence-electron chi connectivity index (χ3n) is 5.45. The van der Waals surface area contributed by atoms with Gasteiger partial charge in [-0.05, 0) is 54.1 Å². The Hall–Kier alpha value is -3.62. The minimum absolute atomic E-state index is 0.00253. The second-order valence-electron chi connectivity index (χ2n) is 8.06. The Morgan fingerprint density at radius 3 is 2.88 bits per heavy atom. The molecule has 5 rings (SSSR count). The van der Waals surface area contributed by atoms with Crippen molar-refractivity contribution in [1.82, 2.24) is 14.3 Å². The lowest BCUT2D eigenvalue weighted by molar-refractivity contribution is -0.140. The van der Waals surface area contributed by atoms with E-state index in [-0.39, 0.29) is 40.7 Å². The van der Waals surface area contributed by atoms with E-state index in [2.05, 4.69) is 44.5 Å². The minimum Gasteiger partial charge on any atom is -0.480 e. The monoisotopic (exact) mass is 500 g/mol. The number of carbonyl (C=O) groups is 2. The third-order valence-corrected chi connectivity index (χ3v) is 6.59. The van der Waals surface area contributed by atoms with Crippen LogP contribution in [-0.2, 0) is 14.9 Å². The number of fused-ring (bicyclic) bond motifs is 1. The number of aromatic nitrogens is 3. The number of ether oxygens (including phenoxy) is 1. The van der Waals surface area contributed by atoms with Crippen LogP contribution < -0.4 is 5.32 Å². The van der Waals surface area contributed by atoms with Gasteiger partial charge in [0, 0.05) is 0 Å². The molecule has 1 atom stereocenters. The molecule has 0 spiro atoms. The van der Waals surface area contributed by atoms with Gasteiger partial charge >= 0.3 is 17.8 Å². The maximum Gasteiger partial charge on any atom is 0.412 e. The van der Waals surface area contributed by atoms with Crippen LogP contribution in [0.2, 0.25) is 5.15 Å². The lowest BCUT2D eigenvalue weighted by Gasteiger charge is -2.14. The topological polar surface area (TPSA) is 141 Å². The molecule has 2 N–H and O–H groups in total. The first kappa shape index (κ1) is 22.2. The van der Waals surface area contributed by atoms with Gasteiger partial charge in [-0.2, -0.15) is 14.3 Å². The van der Waals surface area contributed by atoms with Crippen LogP contribution in [0.5, 0.6) is 0 Å². The van der Waals surface area contributed by atoms with Crippen LogP contribution >= 0.6 is 23.1 Å². The molecular formula is C22H17ClN4O6S. The zero-order valence-corrected chi connectivity index (χ0v) is 19.3. The number of hydrogen-bond donors (Lipinski definition) is 2. The van der Waals surface area contributed by atoms with Crippen molar-refractivity contribution >= 4 is 52.3 Å². The average Bonchev–Trinajstić information content (AvgIpc) is 3.24. The summed E-state index contributed by atoms with van der Waals surface area (Å²) in [6, 6.07) is 0. The number of allylic oxidation sites excluding steroid dienone is 3. The highest BCUT2D eigenvalue weighted by Gasteiger charge is 2.56. The second-order valence-corrected chi connectivity index (χ2v) is 9.19. The fourth-order valence-electron chi connectivity index (χ4n) is 3.45. The summed E-state index contributed by atoms with van der Waals surface area (Å²) < 4.78 is 20.2. The summed E-state index contributed by atoms with van der Waals surface area (Å²) in [5.74, 6) is 5.01. The first-order valence-electron chi connectivity index (χ1n) is 10.3. The molecule has 2 aliphatic rings. The molecule has 1 amide bonds. The van der Waals surface area contributed by atoms with E-state index < -0.39 is 17.5 Å². The van der Waals surface area contributed by atoms with Crippen LogP contribution in [0.1, 0.15) is 42.8 Å². The van der Waals surface area contributed by atoms with Crippen LogP contribution in [0, 0.1) is 17.8 Å². The summed E-state index contributed by atoms with van der Waals surface area (Å²) in [5, 5.41) is 12.0. The number of amides is 1. The smallest absolute Gasteiger partial charge is 0.412 e. The fourth-order valence-corrected chi connectivity index (χ4v) is 4.35. The van der Waals surface area contributed by atoms with Gasteiger partial charge in [0.15, 0.2) is 5.15 Å². The maximum atomic E-state index is 12.3. The number of carbonyl (C=O) groups excluding carboxylic acids is 1. The van der Waals surface area contributed by atoms with Crippen molar-refractivity contribution in [1.29, 1.82) is 0 Å². The lowest BCUT2D eigenvalue weighted by atomic mass is 9.97. The van der Waals surface area contributed by atoms with Crippen LogP contribution in [0.3, 0.4) is 0 Å². The molecular weight excluding hydrogens is 484 g/mol. The minimum atomic E-state index is -1.09.